The van der Waals surface area contributed by atoms with Crippen LogP contribution < -0.4 is 0 Å². The van der Waals surface area contributed by atoms with Crippen molar-refractivity contribution in [2.24, 2.45) is 0 Å². The van der Waals surface area contributed by atoms with Crippen molar-refractivity contribution in [3.8, 4) is 5.75 Å². The summed E-state index contributed by atoms with van der Waals surface area (Å²) in [5.74, 6) is 1.36. The first-order valence-electron chi connectivity index (χ1n) is 4.28. The molecule has 0 atom stereocenters. The van der Waals surface area contributed by atoms with E-state index < -0.39 is 0 Å². The average molecular weight is 194 g/mol. The lowest BCUT2D eigenvalue weighted by atomic mass is 10.1. The molecule has 0 fully saturated rings. The number of allylic oxidation sites excluding steroid dienone is 1. The second-order valence-electron chi connectivity index (χ2n) is 2.81. The number of hydrogen-bond donors (Lipinski definition) is 1. The number of phenols is 1. The minimum atomic E-state index is 0.181. The van der Waals surface area contributed by atoms with Gasteiger partial charge in [-0.2, -0.15) is 0 Å². The lowest BCUT2D eigenvalue weighted by Crippen LogP contribution is -1.94. The van der Waals surface area contributed by atoms with Crippen LogP contribution in [0.2, 0.25) is 0 Å². The van der Waals surface area contributed by atoms with Crippen molar-refractivity contribution in [3.63, 3.8) is 0 Å². The van der Waals surface area contributed by atoms with E-state index in [1.807, 2.05) is 6.07 Å². The zero-order chi connectivity index (χ0) is 10.6. The number of rotatable bonds is 3. The molecule has 0 radical (unpaired) electrons. The van der Waals surface area contributed by atoms with Crippen LogP contribution in [0.25, 0.3) is 5.76 Å². The van der Waals surface area contributed by atoms with Crippen molar-refractivity contribution >= 4 is 5.76 Å². The monoisotopic (exact) mass is 194 g/mol. The van der Waals surface area contributed by atoms with Crippen LogP contribution in [0.5, 0.6) is 5.75 Å². The van der Waals surface area contributed by atoms with Crippen LogP contribution in [-0.2, 0) is 9.47 Å². The normalized spacial score (nSPS) is 11.9. The van der Waals surface area contributed by atoms with Crippen molar-refractivity contribution in [2.45, 2.75) is 6.92 Å². The van der Waals surface area contributed by atoms with Gasteiger partial charge in [0.2, 0.25) is 0 Å². The van der Waals surface area contributed by atoms with Gasteiger partial charge >= 0.3 is 0 Å². The summed E-state index contributed by atoms with van der Waals surface area (Å²) < 4.78 is 10.2. The van der Waals surface area contributed by atoms with Crippen LogP contribution >= 0.6 is 0 Å². The van der Waals surface area contributed by atoms with Crippen LogP contribution in [0.4, 0.5) is 0 Å². The molecule has 1 N–H and O–H groups in total. The summed E-state index contributed by atoms with van der Waals surface area (Å²) in [4.78, 5) is 0. The van der Waals surface area contributed by atoms with Crippen molar-refractivity contribution in [1.29, 1.82) is 0 Å². The van der Waals surface area contributed by atoms with Crippen LogP contribution in [0, 0.1) is 0 Å². The van der Waals surface area contributed by atoms with Gasteiger partial charge in [-0.1, -0.05) is 12.1 Å². The van der Waals surface area contributed by atoms with Gasteiger partial charge in [0.05, 0.1) is 19.8 Å². The molecule has 0 saturated heterocycles. The maximum atomic E-state index is 9.59. The first kappa shape index (κ1) is 10.4. The summed E-state index contributed by atoms with van der Waals surface area (Å²) >= 11 is 0. The summed E-state index contributed by atoms with van der Waals surface area (Å²) in [7, 11) is 3.11. The van der Waals surface area contributed by atoms with Gasteiger partial charge in [-0.15, -0.1) is 0 Å². The lowest BCUT2D eigenvalue weighted by molar-refractivity contribution is 0.267. The van der Waals surface area contributed by atoms with Gasteiger partial charge in [0.15, 0.2) is 5.76 Å². The van der Waals surface area contributed by atoms with Gasteiger partial charge in [0, 0.05) is 0 Å². The molecule has 0 heterocycles. The molecule has 76 valence electrons. The number of para-hydroxylation sites is 1. The summed E-state index contributed by atoms with van der Waals surface area (Å²) in [6.45, 7) is 1.78. The molecule has 1 aromatic rings. The third-order valence-corrected chi connectivity index (χ3v) is 1.98. The Morgan fingerprint density at radius 2 is 1.79 bits per heavy atom. The number of ether oxygens (including phenoxy) is 2. The molecule has 14 heavy (non-hydrogen) atoms. The molecule has 0 aliphatic heterocycles. The predicted molar refractivity (Wildman–Crippen MR) is 54.7 cm³/mol. The number of methoxy groups -OCH3 is 2. The maximum Gasteiger partial charge on any atom is 0.167 e. The molecule has 3 nitrogen and oxygen atoms in total. The van der Waals surface area contributed by atoms with E-state index in [0.717, 1.165) is 0 Å². The van der Waals surface area contributed by atoms with Crippen LogP contribution in [-0.4, -0.2) is 19.3 Å². The Morgan fingerprint density at radius 1 is 1.14 bits per heavy atom. The van der Waals surface area contributed by atoms with E-state index in [0.29, 0.717) is 17.1 Å². The van der Waals surface area contributed by atoms with E-state index in [1.165, 1.54) is 0 Å². The summed E-state index contributed by atoms with van der Waals surface area (Å²) in [5, 5.41) is 9.59. The zero-order valence-electron chi connectivity index (χ0n) is 8.57. The quantitative estimate of drug-likeness (QED) is 0.751. The standard InChI is InChI=1S/C11H14O3/c1-8(13-2)11(14-3)9-6-4-5-7-10(9)12/h4-7,12H,1-3H3/b11-8-. The Hall–Kier alpha value is -1.64. The molecule has 1 rings (SSSR count). The van der Waals surface area contributed by atoms with Crippen molar-refractivity contribution in [1.82, 2.24) is 0 Å². The van der Waals surface area contributed by atoms with E-state index in [9.17, 15) is 5.11 Å². The largest absolute Gasteiger partial charge is 0.507 e. The minimum Gasteiger partial charge on any atom is -0.507 e. The maximum absolute atomic E-state index is 9.59. The Labute approximate surface area is 83.6 Å². The first-order valence-corrected chi connectivity index (χ1v) is 4.28. The fourth-order valence-corrected chi connectivity index (χ4v) is 1.20. The molecular formula is C11H14O3. The van der Waals surface area contributed by atoms with Gasteiger partial charge in [-0.3, -0.25) is 0 Å². The molecule has 0 unspecified atom stereocenters. The SMILES string of the molecule is CO/C(C)=C(\OC)c1ccccc1O. The molecule has 0 amide bonds. The predicted octanol–water partition coefficient (Wildman–Crippen LogP) is 2.37. The Bertz CT molecular complexity index is 342. The van der Waals surface area contributed by atoms with Crippen LogP contribution in [0.3, 0.4) is 0 Å². The Balaban J connectivity index is 3.20. The molecule has 0 spiro atoms. The highest BCUT2D eigenvalue weighted by Gasteiger charge is 2.10. The highest BCUT2D eigenvalue weighted by Crippen LogP contribution is 2.27. The highest BCUT2D eigenvalue weighted by atomic mass is 16.5. The van der Waals surface area contributed by atoms with Crippen molar-refractivity contribution in [3.05, 3.63) is 35.6 Å². The van der Waals surface area contributed by atoms with E-state index in [1.54, 1.807) is 39.3 Å². The smallest absolute Gasteiger partial charge is 0.167 e. The first-order chi connectivity index (χ1) is 6.70. The number of aromatic hydroxyl groups is 1. The molecule has 0 saturated carbocycles. The highest BCUT2D eigenvalue weighted by molar-refractivity contribution is 5.66. The van der Waals surface area contributed by atoms with Gasteiger partial charge < -0.3 is 14.6 Å². The van der Waals surface area contributed by atoms with E-state index in [4.69, 9.17) is 9.47 Å². The van der Waals surface area contributed by atoms with Gasteiger partial charge in [0.25, 0.3) is 0 Å². The molecular weight excluding hydrogens is 180 g/mol. The third-order valence-electron chi connectivity index (χ3n) is 1.98. The van der Waals surface area contributed by atoms with Crippen molar-refractivity contribution in [2.75, 3.05) is 14.2 Å². The number of phenolic OH excluding ortho intramolecular Hbond substituents is 1. The summed E-state index contributed by atoms with van der Waals surface area (Å²) in [6.07, 6.45) is 0. The zero-order valence-corrected chi connectivity index (χ0v) is 8.57. The Kier molecular flexibility index (Phi) is 3.40. The number of benzene rings is 1. The van der Waals surface area contributed by atoms with E-state index >= 15 is 0 Å². The molecule has 0 aromatic heterocycles. The van der Waals surface area contributed by atoms with Crippen LogP contribution in [0.15, 0.2) is 30.0 Å². The topological polar surface area (TPSA) is 38.7 Å². The summed E-state index contributed by atoms with van der Waals surface area (Å²) in [6, 6.07) is 6.97. The number of hydrogen-bond acceptors (Lipinski definition) is 3. The Morgan fingerprint density at radius 3 is 2.29 bits per heavy atom. The molecule has 0 bridgehead atoms. The van der Waals surface area contributed by atoms with Crippen LogP contribution in [0.1, 0.15) is 12.5 Å². The third kappa shape index (κ3) is 1.99. The lowest BCUT2D eigenvalue weighted by Gasteiger charge is -2.11. The fraction of sp³-hybridized carbons (Fsp3) is 0.273. The molecule has 0 aliphatic rings. The average Bonchev–Trinajstić information content (AvgIpc) is 2.21. The minimum absolute atomic E-state index is 0.181. The van der Waals surface area contributed by atoms with E-state index in [2.05, 4.69) is 0 Å². The van der Waals surface area contributed by atoms with Crippen molar-refractivity contribution < 1.29 is 14.6 Å². The molecule has 3 heteroatoms. The van der Waals surface area contributed by atoms with Gasteiger partial charge in [0.1, 0.15) is 11.5 Å². The van der Waals surface area contributed by atoms with Gasteiger partial charge in [-0.25, -0.2) is 0 Å². The van der Waals surface area contributed by atoms with E-state index in [-0.39, 0.29) is 5.75 Å². The fourth-order valence-electron chi connectivity index (χ4n) is 1.20. The second-order valence-corrected chi connectivity index (χ2v) is 2.81. The second kappa shape index (κ2) is 4.56. The molecule has 0 aliphatic carbocycles. The summed E-state index contributed by atoms with van der Waals surface area (Å²) in [5.41, 5.74) is 0.634. The molecule has 1 aromatic carbocycles. The van der Waals surface area contributed by atoms with Gasteiger partial charge in [-0.05, 0) is 19.1 Å².